The van der Waals surface area contributed by atoms with Crippen molar-refractivity contribution in [3.05, 3.63) is 11.8 Å². The molecule has 0 amide bonds. The van der Waals surface area contributed by atoms with Crippen molar-refractivity contribution in [2.45, 2.75) is 64.2 Å². The van der Waals surface area contributed by atoms with Crippen LogP contribution < -0.4 is 10.0 Å². The third-order valence-electron chi connectivity index (χ3n) is 2.96. The van der Waals surface area contributed by atoms with Gasteiger partial charge in [-0.15, -0.1) is 0 Å². The second kappa shape index (κ2) is 7.02. The summed E-state index contributed by atoms with van der Waals surface area (Å²) in [4.78, 5) is 0. The average molecular weight is 288 g/mol. The summed E-state index contributed by atoms with van der Waals surface area (Å²) in [5.74, 6) is 0. The molecule has 0 bridgehead atoms. The van der Waals surface area contributed by atoms with Gasteiger partial charge in [-0.2, -0.15) is 5.10 Å². The summed E-state index contributed by atoms with van der Waals surface area (Å²) >= 11 is 0. The van der Waals surface area contributed by atoms with E-state index in [0.29, 0.717) is 12.1 Å². The topological polar surface area (TPSA) is 86.9 Å². The summed E-state index contributed by atoms with van der Waals surface area (Å²) < 4.78 is 27.3. The van der Waals surface area contributed by atoms with Crippen LogP contribution in [0.5, 0.6) is 0 Å². The first kappa shape index (κ1) is 16.1. The maximum Gasteiger partial charge on any atom is 0.258 e. The lowest BCUT2D eigenvalue weighted by Gasteiger charge is -2.15. The third-order valence-corrected chi connectivity index (χ3v) is 4.49. The van der Waals surface area contributed by atoms with Crippen molar-refractivity contribution in [1.29, 1.82) is 0 Å². The van der Waals surface area contributed by atoms with Crippen LogP contribution in [0.3, 0.4) is 0 Å². The Hall–Kier alpha value is -0.920. The molecule has 0 saturated heterocycles. The van der Waals surface area contributed by atoms with Gasteiger partial charge in [-0.3, -0.25) is 5.10 Å². The van der Waals surface area contributed by atoms with Crippen LogP contribution >= 0.6 is 0 Å². The van der Waals surface area contributed by atoms with E-state index >= 15 is 0 Å². The summed E-state index contributed by atoms with van der Waals surface area (Å²) in [7, 11) is -3.53. The molecule has 0 saturated carbocycles. The minimum atomic E-state index is -3.53. The number of rotatable bonds is 8. The number of sulfonamides is 1. The number of nitrogens with one attached hydrogen (secondary N) is 3. The molecule has 6 nitrogen and oxygen atoms in total. The van der Waals surface area contributed by atoms with Crippen LogP contribution in [-0.4, -0.2) is 30.7 Å². The number of aromatic amines is 1. The lowest BCUT2D eigenvalue weighted by Crippen LogP contribution is -2.35. The van der Waals surface area contributed by atoms with E-state index < -0.39 is 10.0 Å². The van der Waals surface area contributed by atoms with E-state index in [0.717, 1.165) is 12.8 Å². The Kier molecular flexibility index (Phi) is 5.96. The Labute approximate surface area is 115 Å². The highest BCUT2D eigenvalue weighted by Crippen LogP contribution is 2.13. The van der Waals surface area contributed by atoms with E-state index in [2.05, 4.69) is 20.2 Å². The molecule has 0 unspecified atom stereocenters. The highest BCUT2D eigenvalue weighted by Gasteiger charge is 2.23. The lowest BCUT2D eigenvalue weighted by atomic mass is 10.2. The maximum absolute atomic E-state index is 12.3. The van der Waals surface area contributed by atoms with Gasteiger partial charge in [-0.1, -0.05) is 27.7 Å². The van der Waals surface area contributed by atoms with E-state index in [1.165, 1.54) is 0 Å². The first-order valence-electron chi connectivity index (χ1n) is 6.68. The van der Waals surface area contributed by atoms with Crippen molar-refractivity contribution < 1.29 is 8.42 Å². The molecule has 110 valence electrons. The lowest BCUT2D eigenvalue weighted by molar-refractivity contribution is 0.524. The minimum absolute atomic E-state index is 0.0424. The van der Waals surface area contributed by atoms with Crippen LogP contribution in [0, 0.1) is 0 Å². The molecule has 0 aliphatic heterocycles. The molecule has 3 N–H and O–H groups in total. The van der Waals surface area contributed by atoms with Gasteiger partial charge in [0.15, 0.2) is 5.03 Å². The molecule has 7 heteroatoms. The molecule has 0 aromatic carbocycles. The van der Waals surface area contributed by atoms with Crippen molar-refractivity contribution in [3.63, 3.8) is 0 Å². The van der Waals surface area contributed by atoms with E-state index in [9.17, 15) is 8.42 Å². The Balaban J connectivity index is 2.86. The van der Waals surface area contributed by atoms with Crippen LogP contribution in [0.4, 0.5) is 0 Å². The smallest absolute Gasteiger partial charge is 0.258 e. The zero-order valence-corrected chi connectivity index (χ0v) is 12.8. The van der Waals surface area contributed by atoms with Gasteiger partial charge in [0.2, 0.25) is 0 Å². The number of hydrogen-bond acceptors (Lipinski definition) is 4. The average Bonchev–Trinajstić information content (AvgIpc) is 2.82. The summed E-state index contributed by atoms with van der Waals surface area (Å²) in [6.45, 7) is 8.43. The zero-order chi connectivity index (χ0) is 14.5. The Morgan fingerprint density at radius 1 is 1.32 bits per heavy atom. The van der Waals surface area contributed by atoms with Crippen molar-refractivity contribution >= 4 is 10.0 Å². The van der Waals surface area contributed by atoms with Gasteiger partial charge in [0.25, 0.3) is 10.0 Å². The molecule has 0 atom stereocenters. The van der Waals surface area contributed by atoms with E-state index in [1.807, 2.05) is 27.7 Å². The molecule has 1 heterocycles. The van der Waals surface area contributed by atoms with Crippen LogP contribution in [0.25, 0.3) is 0 Å². The summed E-state index contributed by atoms with van der Waals surface area (Å²) in [5.41, 5.74) is 0.659. The summed E-state index contributed by atoms with van der Waals surface area (Å²) in [6.07, 6.45) is 3.09. The quantitative estimate of drug-likeness (QED) is 0.674. The van der Waals surface area contributed by atoms with Crippen molar-refractivity contribution in [2.24, 2.45) is 0 Å². The Morgan fingerprint density at radius 2 is 1.95 bits per heavy atom. The highest BCUT2D eigenvalue weighted by atomic mass is 32.2. The number of aromatic nitrogens is 2. The predicted octanol–water partition coefficient (Wildman–Crippen LogP) is 1.37. The molecule has 0 aliphatic carbocycles. The van der Waals surface area contributed by atoms with Gasteiger partial charge in [-0.05, 0) is 12.8 Å². The van der Waals surface area contributed by atoms with Crippen LogP contribution in [0.1, 0.15) is 46.1 Å². The highest BCUT2D eigenvalue weighted by molar-refractivity contribution is 7.89. The van der Waals surface area contributed by atoms with Gasteiger partial charge < -0.3 is 5.32 Å². The largest absolute Gasteiger partial charge is 0.310 e. The van der Waals surface area contributed by atoms with Gasteiger partial charge in [0.1, 0.15) is 0 Å². The van der Waals surface area contributed by atoms with E-state index in [4.69, 9.17) is 0 Å². The number of nitrogens with zero attached hydrogens (tertiary/aromatic N) is 1. The first-order valence-corrected chi connectivity index (χ1v) is 8.17. The second-order valence-corrected chi connectivity index (χ2v) is 6.55. The molecule has 1 rings (SSSR count). The Bertz CT molecular complexity index is 478. The molecule has 1 aromatic rings. The first-order chi connectivity index (χ1) is 8.90. The van der Waals surface area contributed by atoms with Gasteiger partial charge in [-0.25, -0.2) is 13.1 Å². The van der Waals surface area contributed by atoms with Gasteiger partial charge in [0, 0.05) is 24.2 Å². The van der Waals surface area contributed by atoms with Crippen molar-refractivity contribution in [3.8, 4) is 0 Å². The van der Waals surface area contributed by atoms with E-state index in [1.54, 1.807) is 6.20 Å². The normalized spacial score (nSPS) is 12.5. The predicted molar refractivity (Wildman–Crippen MR) is 75.3 cm³/mol. The zero-order valence-electron chi connectivity index (χ0n) is 12.0. The van der Waals surface area contributed by atoms with Crippen molar-refractivity contribution in [1.82, 2.24) is 20.2 Å². The monoisotopic (exact) mass is 288 g/mol. The number of hydrogen-bond donors (Lipinski definition) is 3. The standard InChI is InChI=1S/C12H24N4O2S/c1-5-11(6-2)16-19(17,18)12-10(8-14-15-12)7-13-9(3)4/h8-9,11,13,16H,5-7H2,1-4H3,(H,14,15). The SMILES string of the molecule is CCC(CC)NS(=O)(=O)c1[nH]ncc1CNC(C)C. The van der Waals surface area contributed by atoms with E-state index in [-0.39, 0.29) is 17.1 Å². The summed E-state index contributed by atoms with van der Waals surface area (Å²) in [5, 5.41) is 9.77. The summed E-state index contributed by atoms with van der Waals surface area (Å²) in [6, 6.07) is 0.247. The fourth-order valence-corrected chi connectivity index (χ4v) is 3.24. The number of H-pyrrole nitrogens is 1. The van der Waals surface area contributed by atoms with Gasteiger partial charge in [0.05, 0.1) is 6.20 Å². The molecule has 19 heavy (non-hydrogen) atoms. The fourth-order valence-electron chi connectivity index (χ4n) is 1.71. The second-order valence-electron chi connectivity index (χ2n) is 4.89. The van der Waals surface area contributed by atoms with Crippen LogP contribution in [0.15, 0.2) is 11.2 Å². The minimum Gasteiger partial charge on any atom is -0.310 e. The third kappa shape index (κ3) is 4.59. The molecule has 0 fully saturated rings. The molecule has 0 aliphatic rings. The molecule has 1 aromatic heterocycles. The Morgan fingerprint density at radius 3 is 2.47 bits per heavy atom. The van der Waals surface area contributed by atoms with Crippen LogP contribution in [0.2, 0.25) is 0 Å². The molecule has 0 radical (unpaired) electrons. The van der Waals surface area contributed by atoms with Crippen molar-refractivity contribution in [2.75, 3.05) is 0 Å². The molecular formula is C12H24N4O2S. The van der Waals surface area contributed by atoms with Gasteiger partial charge >= 0.3 is 0 Å². The van der Waals surface area contributed by atoms with Crippen LogP contribution in [-0.2, 0) is 16.6 Å². The maximum atomic E-state index is 12.3. The fraction of sp³-hybridized carbons (Fsp3) is 0.750. The molecular weight excluding hydrogens is 264 g/mol. The molecule has 0 spiro atoms.